The van der Waals surface area contributed by atoms with Gasteiger partial charge in [-0.1, -0.05) is 0 Å². The smallest absolute Gasteiger partial charge is 0.225 e. The van der Waals surface area contributed by atoms with Crippen LogP contribution in [0.25, 0.3) is 5.65 Å². The van der Waals surface area contributed by atoms with Crippen molar-refractivity contribution in [3.05, 3.63) is 47.2 Å². The minimum Gasteiger partial charge on any atom is -0.378 e. The second kappa shape index (κ2) is 6.74. The number of aryl methyl sites for hydroxylation is 1. The van der Waals surface area contributed by atoms with Crippen LogP contribution < -0.4 is 4.90 Å². The zero-order chi connectivity index (χ0) is 19.4. The molecule has 2 fully saturated rings. The van der Waals surface area contributed by atoms with Gasteiger partial charge in [-0.2, -0.15) is 5.10 Å². The van der Waals surface area contributed by atoms with Crippen molar-refractivity contribution in [3.63, 3.8) is 0 Å². The van der Waals surface area contributed by atoms with Gasteiger partial charge in [-0.25, -0.2) is 19.5 Å². The topological polar surface area (TPSA) is 71.7 Å². The van der Waals surface area contributed by atoms with E-state index < -0.39 is 0 Å². The van der Waals surface area contributed by atoms with Gasteiger partial charge < -0.3 is 9.64 Å². The molecule has 0 amide bonds. The Labute approximate surface area is 169 Å². The molecule has 8 nitrogen and oxygen atoms in total. The van der Waals surface area contributed by atoms with Gasteiger partial charge in [0.25, 0.3) is 0 Å². The highest BCUT2D eigenvalue weighted by Crippen LogP contribution is 2.44. The summed E-state index contributed by atoms with van der Waals surface area (Å²) in [5, 5.41) is 4.69. The summed E-state index contributed by atoms with van der Waals surface area (Å²) in [7, 11) is 0. The summed E-state index contributed by atoms with van der Waals surface area (Å²) in [5.41, 5.74) is 5.83. The first-order chi connectivity index (χ1) is 14.3. The molecule has 6 rings (SSSR count). The standard InChI is InChI=1S/C21H25N7O/c1-14-8-20-22-12-17-18-3-2-16(9-19(17)28(20)25-14)27(18)13-15-10-23-21(24-11-15)26-4-6-29-7-5-26/h8,10-12,16,18H,2-7,9,13H2,1H3/t16-,18+/m1/s1. The van der Waals surface area contributed by atoms with E-state index in [4.69, 9.17) is 4.74 Å². The summed E-state index contributed by atoms with van der Waals surface area (Å²) in [6.45, 7) is 6.14. The van der Waals surface area contributed by atoms with Crippen molar-refractivity contribution in [2.24, 2.45) is 0 Å². The van der Waals surface area contributed by atoms with Crippen LogP contribution in [0.5, 0.6) is 0 Å². The molecule has 8 heteroatoms. The van der Waals surface area contributed by atoms with Crippen LogP contribution in [0.1, 0.15) is 41.4 Å². The maximum Gasteiger partial charge on any atom is 0.225 e. The number of nitrogens with zero attached hydrogens (tertiary/aromatic N) is 7. The van der Waals surface area contributed by atoms with Gasteiger partial charge in [0.05, 0.1) is 24.6 Å². The molecule has 2 atom stereocenters. The number of aromatic nitrogens is 5. The lowest BCUT2D eigenvalue weighted by Gasteiger charge is -2.36. The van der Waals surface area contributed by atoms with Gasteiger partial charge in [0.1, 0.15) is 0 Å². The summed E-state index contributed by atoms with van der Waals surface area (Å²) < 4.78 is 7.48. The third kappa shape index (κ3) is 2.89. The highest BCUT2D eigenvalue weighted by atomic mass is 16.5. The molecule has 0 N–H and O–H groups in total. The van der Waals surface area contributed by atoms with E-state index in [0.29, 0.717) is 12.1 Å². The van der Waals surface area contributed by atoms with Gasteiger partial charge in [-0.05, 0) is 19.8 Å². The first-order valence-electron chi connectivity index (χ1n) is 10.5. The fourth-order valence-corrected chi connectivity index (χ4v) is 5.11. The second-order valence-corrected chi connectivity index (χ2v) is 8.33. The molecular weight excluding hydrogens is 366 g/mol. The van der Waals surface area contributed by atoms with Crippen LogP contribution in [0, 0.1) is 6.92 Å². The van der Waals surface area contributed by atoms with Crippen molar-refractivity contribution in [1.29, 1.82) is 0 Å². The van der Waals surface area contributed by atoms with Crippen LogP contribution >= 0.6 is 0 Å². The Balaban J connectivity index is 1.25. The van der Waals surface area contributed by atoms with Gasteiger partial charge in [-0.15, -0.1) is 0 Å². The number of ether oxygens (including phenoxy) is 1. The van der Waals surface area contributed by atoms with E-state index in [1.807, 2.05) is 19.3 Å². The van der Waals surface area contributed by atoms with Gasteiger partial charge in [-0.3, -0.25) is 4.90 Å². The van der Waals surface area contributed by atoms with Gasteiger partial charge in [0.15, 0.2) is 5.65 Å². The summed E-state index contributed by atoms with van der Waals surface area (Å²) in [6, 6.07) is 3.01. The zero-order valence-corrected chi connectivity index (χ0v) is 16.7. The fourth-order valence-electron chi connectivity index (χ4n) is 5.11. The maximum atomic E-state index is 5.42. The molecule has 0 spiro atoms. The molecule has 0 aliphatic carbocycles. The van der Waals surface area contributed by atoms with E-state index >= 15 is 0 Å². The molecule has 29 heavy (non-hydrogen) atoms. The van der Waals surface area contributed by atoms with Crippen LogP contribution in [0.4, 0.5) is 5.95 Å². The predicted octanol–water partition coefficient (Wildman–Crippen LogP) is 1.93. The maximum absolute atomic E-state index is 5.42. The van der Waals surface area contributed by atoms with Crippen molar-refractivity contribution < 1.29 is 4.74 Å². The van der Waals surface area contributed by atoms with Crippen LogP contribution in [-0.4, -0.2) is 61.8 Å². The molecule has 0 aromatic carbocycles. The predicted molar refractivity (Wildman–Crippen MR) is 108 cm³/mol. The third-order valence-corrected chi connectivity index (χ3v) is 6.52. The summed E-state index contributed by atoms with van der Waals surface area (Å²) >= 11 is 0. The molecule has 0 unspecified atom stereocenters. The Morgan fingerprint density at radius 1 is 1.07 bits per heavy atom. The normalized spacial score (nSPS) is 24.2. The molecule has 3 aliphatic rings. The number of hydrogen-bond acceptors (Lipinski definition) is 7. The molecule has 3 aromatic heterocycles. The summed E-state index contributed by atoms with van der Waals surface area (Å²) in [4.78, 5) is 18.7. The first kappa shape index (κ1) is 17.3. The average molecular weight is 391 g/mol. The Bertz CT molecular complexity index is 1040. The van der Waals surface area contributed by atoms with Crippen LogP contribution in [0.2, 0.25) is 0 Å². The van der Waals surface area contributed by atoms with E-state index in [2.05, 4.69) is 46.6 Å². The molecule has 6 heterocycles. The highest BCUT2D eigenvalue weighted by molar-refractivity contribution is 5.44. The van der Waals surface area contributed by atoms with E-state index in [-0.39, 0.29) is 0 Å². The fraction of sp³-hybridized carbons (Fsp3) is 0.524. The largest absolute Gasteiger partial charge is 0.378 e. The lowest BCUT2D eigenvalue weighted by atomic mass is 9.98. The van der Waals surface area contributed by atoms with E-state index in [0.717, 1.165) is 56.6 Å². The lowest BCUT2D eigenvalue weighted by Crippen LogP contribution is -2.38. The third-order valence-electron chi connectivity index (χ3n) is 6.52. The van der Waals surface area contributed by atoms with Crippen molar-refractivity contribution in [1.82, 2.24) is 29.5 Å². The summed E-state index contributed by atoms with van der Waals surface area (Å²) in [6.07, 6.45) is 9.48. The van der Waals surface area contributed by atoms with Crippen molar-refractivity contribution in [2.75, 3.05) is 31.2 Å². The van der Waals surface area contributed by atoms with Crippen molar-refractivity contribution in [2.45, 2.75) is 44.8 Å². The quantitative estimate of drug-likeness (QED) is 0.675. The lowest BCUT2D eigenvalue weighted by molar-refractivity contribution is 0.122. The van der Waals surface area contributed by atoms with E-state index in [1.54, 1.807) is 0 Å². The number of rotatable bonds is 3. The zero-order valence-electron chi connectivity index (χ0n) is 16.7. The molecule has 150 valence electrons. The minimum absolute atomic E-state index is 0.407. The number of anilines is 1. The monoisotopic (exact) mass is 391 g/mol. The molecule has 3 aliphatic heterocycles. The molecule has 2 saturated heterocycles. The van der Waals surface area contributed by atoms with E-state index in [9.17, 15) is 0 Å². The number of hydrogen-bond donors (Lipinski definition) is 0. The number of morpholine rings is 1. The van der Waals surface area contributed by atoms with Crippen molar-refractivity contribution >= 4 is 11.6 Å². The SMILES string of the molecule is Cc1cc2ncc3c(n2n1)C[C@H]1CC[C@@H]3N1Cc1cnc(N2CCOCC2)nc1. The van der Waals surface area contributed by atoms with Gasteiger partial charge in [0, 0.05) is 73.9 Å². The van der Waals surface area contributed by atoms with Crippen LogP contribution in [0.3, 0.4) is 0 Å². The van der Waals surface area contributed by atoms with Crippen LogP contribution in [0.15, 0.2) is 24.7 Å². The van der Waals surface area contributed by atoms with Gasteiger partial charge in [0.2, 0.25) is 5.95 Å². The molecule has 3 aromatic rings. The summed E-state index contributed by atoms with van der Waals surface area (Å²) in [5.74, 6) is 0.810. The highest BCUT2D eigenvalue weighted by Gasteiger charge is 2.41. The molecule has 0 saturated carbocycles. The molecule has 0 radical (unpaired) electrons. The average Bonchev–Trinajstić information content (AvgIpc) is 3.26. The Hall–Kier alpha value is -2.58. The second-order valence-electron chi connectivity index (χ2n) is 8.33. The van der Waals surface area contributed by atoms with Crippen LogP contribution in [-0.2, 0) is 17.7 Å². The number of fused-ring (bicyclic) bond motifs is 6. The minimum atomic E-state index is 0.407. The Morgan fingerprint density at radius 3 is 2.72 bits per heavy atom. The van der Waals surface area contributed by atoms with E-state index in [1.165, 1.54) is 29.7 Å². The molecular formula is C21H25N7O. The molecule has 2 bridgehead atoms. The van der Waals surface area contributed by atoms with Crippen molar-refractivity contribution in [3.8, 4) is 0 Å². The Kier molecular flexibility index (Phi) is 4.02. The Morgan fingerprint density at radius 2 is 1.90 bits per heavy atom. The first-order valence-corrected chi connectivity index (χ1v) is 10.5. The van der Waals surface area contributed by atoms with Gasteiger partial charge >= 0.3 is 0 Å².